The van der Waals surface area contributed by atoms with E-state index in [2.05, 4.69) is 10.0 Å². The molecule has 0 radical (unpaired) electrons. The molecular formula is C16H17ClN2O3S. The van der Waals surface area contributed by atoms with Crippen molar-refractivity contribution >= 4 is 33.2 Å². The number of hydrogen-bond donors (Lipinski definition) is 2. The van der Waals surface area contributed by atoms with Crippen LogP contribution in [0.4, 0.5) is 5.69 Å². The molecule has 23 heavy (non-hydrogen) atoms. The summed E-state index contributed by atoms with van der Waals surface area (Å²) in [7, 11) is -3.33. The van der Waals surface area contributed by atoms with Gasteiger partial charge in [0.15, 0.2) is 0 Å². The van der Waals surface area contributed by atoms with Crippen LogP contribution in [0.1, 0.15) is 28.9 Å². The van der Waals surface area contributed by atoms with Gasteiger partial charge in [-0.2, -0.15) is 0 Å². The minimum Gasteiger partial charge on any atom is -0.346 e. The molecule has 0 heterocycles. The Balaban J connectivity index is 2.06. The Hall–Kier alpha value is -2.05. The maximum Gasteiger partial charge on any atom is 0.251 e. The molecule has 2 aromatic carbocycles. The van der Waals surface area contributed by atoms with Crippen LogP contribution in [0.3, 0.4) is 0 Å². The van der Waals surface area contributed by atoms with Gasteiger partial charge in [-0.25, -0.2) is 8.42 Å². The van der Waals surface area contributed by atoms with E-state index in [0.717, 1.165) is 11.8 Å². The molecule has 7 heteroatoms. The third-order valence-corrected chi connectivity index (χ3v) is 3.99. The second-order valence-electron chi connectivity index (χ2n) is 5.20. The van der Waals surface area contributed by atoms with E-state index in [-0.39, 0.29) is 11.9 Å². The smallest absolute Gasteiger partial charge is 0.251 e. The molecule has 0 aliphatic rings. The van der Waals surface area contributed by atoms with Crippen molar-refractivity contribution in [1.29, 1.82) is 0 Å². The number of hydrogen-bond acceptors (Lipinski definition) is 3. The minimum atomic E-state index is -3.33. The van der Waals surface area contributed by atoms with Gasteiger partial charge >= 0.3 is 0 Å². The van der Waals surface area contributed by atoms with Gasteiger partial charge in [-0.05, 0) is 48.9 Å². The Kier molecular flexibility index (Phi) is 5.28. The van der Waals surface area contributed by atoms with Crippen molar-refractivity contribution in [3.05, 3.63) is 64.7 Å². The molecule has 0 spiro atoms. The molecule has 0 bridgehead atoms. The van der Waals surface area contributed by atoms with E-state index in [0.29, 0.717) is 16.3 Å². The van der Waals surface area contributed by atoms with Crippen LogP contribution in [-0.2, 0) is 10.0 Å². The molecule has 1 atom stereocenters. The van der Waals surface area contributed by atoms with E-state index in [1.165, 1.54) is 0 Å². The number of amides is 1. The van der Waals surface area contributed by atoms with E-state index in [1.807, 2.05) is 19.1 Å². The summed E-state index contributed by atoms with van der Waals surface area (Å²) in [6, 6.07) is 13.3. The highest BCUT2D eigenvalue weighted by atomic mass is 35.5. The number of carbonyl (C=O) groups excluding carboxylic acids is 1. The summed E-state index contributed by atoms with van der Waals surface area (Å²) < 4.78 is 24.6. The first-order valence-electron chi connectivity index (χ1n) is 6.89. The summed E-state index contributed by atoms with van der Waals surface area (Å²) >= 11 is 5.94. The van der Waals surface area contributed by atoms with E-state index in [4.69, 9.17) is 11.6 Å². The van der Waals surface area contributed by atoms with Crippen molar-refractivity contribution < 1.29 is 13.2 Å². The van der Waals surface area contributed by atoms with Crippen molar-refractivity contribution in [3.8, 4) is 0 Å². The van der Waals surface area contributed by atoms with Crippen molar-refractivity contribution in [2.75, 3.05) is 11.0 Å². The predicted octanol–water partition coefficient (Wildman–Crippen LogP) is 3.20. The summed E-state index contributed by atoms with van der Waals surface area (Å²) in [6.07, 6.45) is 1.07. The number of benzene rings is 2. The van der Waals surface area contributed by atoms with E-state index >= 15 is 0 Å². The lowest BCUT2D eigenvalue weighted by molar-refractivity contribution is 0.0940. The predicted molar refractivity (Wildman–Crippen MR) is 92.2 cm³/mol. The quantitative estimate of drug-likeness (QED) is 0.867. The minimum absolute atomic E-state index is 0.199. The summed E-state index contributed by atoms with van der Waals surface area (Å²) in [4.78, 5) is 12.2. The highest BCUT2D eigenvalue weighted by Crippen LogP contribution is 2.18. The number of halogens is 1. The monoisotopic (exact) mass is 352 g/mol. The fraction of sp³-hybridized carbons (Fsp3) is 0.188. The van der Waals surface area contributed by atoms with Gasteiger partial charge in [0.25, 0.3) is 5.91 Å². The van der Waals surface area contributed by atoms with Crippen molar-refractivity contribution in [1.82, 2.24) is 5.32 Å². The standard InChI is InChI=1S/C16H17ClN2O3S/c1-11(13-4-3-5-14(17)10-13)18-16(20)12-6-8-15(9-7-12)19-23(2,21)22/h3-11,19H,1-2H3,(H,18,20). The fourth-order valence-electron chi connectivity index (χ4n) is 2.04. The molecule has 1 unspecified atom stereocenters. The van der Waals surface area contributed by atoms with Gasteiger partial charge in [0.1, 0.15) is 0 Å². The first-order chi connectivity index (χ1) is 10.7. The molecule has 122 valence electrons. The molecular weight excluding hydrogens is 336 g/mol. The molecule has 0 saturated carbocycles. The molecule has 5 nitrogen and oxygen atoms in total. The Morgan fingerprint density at radius 1 is 1.13 bits per heavy atom. The average Bonchev–Trinajstić information content (AvgIpc) is 2.46. The lowest BCUT2D eigenvalue weighted by Crippen LogP contribution is -2.26. The highest BCUT2D eigenvalue weighted by molar-refractivity contribution is 7.92. The Morgan fingerprint density at radius 3 is 2.35 bits per heavy atom. The molecule has 0 fully saturated rings. The third-order valence-electron chi connectivity index (χ3n) is 3.15. The molecule has 0 aliphatic heterocycles. The maximum absolute atomic E-state index is 12.2. The van der Waals surface area contributed by atoms with Gasteiger partial charge in [-0.3, -0.25) is 9.52 Å². The molecule has 1 amide bonds. The zero-order chi connectivity index (χ0) is 17.0. The normalized spacial score (nSPS) is 12.5. The van der Waals surface area contributed by atoms with Crippen LogP contribution < -0.4 is 10.0 Å². The lowest BCUT2D eigenvalue weighted by Gasteiger charge is -2.15. The van der Waals surface area contributed by atoms with E-state index in [9.17, 15) is 13.2 Å². The second-order valence-corrected chi connectivity index (χ2v) is 7.39. The molecule has 0 saturated heterocycles. The van der Waals surface area contributed by atoms with Crippen LogP contribution in [0, 0.1) is 0 Å². The van der Waals surface area contributed by atoms with Crippen molar-refractivity contribution in [3.63, 3.8) is 0 Å². The van der Waals surface area contributed by atoms with Gasteiger partial charge in [-0.15, -0.1) is 0 Å². The van der Waals surface area contributed by atoms with Gasteiger partial charge in [0.2, 0.25) is 10.0 Å². The molecule has 0 aromatic heterocycles. The zero-order valence-electron chi connectivity index (χ0n) is 12.7. The number of nitrogens with one attached hydrogen (secondary N) is 2. The molecule has 2 N–H and O–H groups in total. The third kappa shape index (κ3) is 5.26. The average molecular weight is 353 g/mol. The summed E-state index contributed by atoms with van der Waals surface area (Å²) in [5.41, 5.74) is 1.76. The number of sulfonamides is 1. The van der Waals surface area contributed by atoms with Crippen molar-refractivity contribution in [2.45, 2.75) is 13.0 Å². The Morgan fingerprint density at radius 2 is 1.78 bits per heavy atom. The van der Waals surface area contributed by atoms with Crippen LogP contribution in [0.2, 0.25) is 5.02 Å². The number of anilines is 1. The first-order valence-corrected chi connectivity index (χ1v) is 9.16. The molecule has 2 rings (SSSR count). The number of carbonyl (C=O) groups is 1. The van der Waals surface area contributed by atoms with Gasteiger partial charge in [-0.1, -0.05) is 23.7 Å². The van der Waals surface area contributed by atoms with Crippen LogP contribution in [0.5, 0.6) is 0 Å². The summed E-state index contributed by atoms with van der Waals surface area (Å²) in [6.45, 7) is 1.86. The molecule has 0 aliphatic carbocycles. The Bertz CT molecular complexity index is 804. The highest BCUT2D eigenvalue weighted by Gasteiger charge is 2.12. The van der Waals surface area contributed by atoms with Crippen molar-refractivity contribution in [2.24, 2.45) is 0 Å². The SMILES string of the molecule is CC(NC(=O)c1ccc(NS(C)(=O)=O)cc1)c1cccc(Cl)c1. The van der Waals surface area contributed by atoms with E-state index < -0.39 is 10.0 Å². The Labute approximate surface area is 140 Å². The first kappa shape index (κ1) is 17.3. The van der Waals surface area contributed by atoms with Gasteiger partial charge < -0.3 is 5.32 Å². The van der Waals surface area contributed by atoms with Crippen LogP contribution in [-0.4, -0.2) is 20.6 Å². The number of rotatable bonds is 5. The van der Waals surface area contributed by atoms with Crippen LogP contribution in [0.15, 0.2) is 48.5 Å². The largest absolute Gasteiger partial charge is 0.346 e. The summed E-state index contributed by atoms with van der Waals surface area (Å²) in [5.74, 6) is -0.247. The lowest BCUT2D eigenvalue weighted by atomic mass is 10.1. The second kappa shape index (κ2) is 7.02. The molecule has 2 aromatic rings. The maximum atomic E-state index is 12.2. The summed E-state index contributed by atoms with van der Waals surface area (Å²) in [5, 5.41) is 3.48. The van der Waals surface area contributed by atoms with Crippen LogP contribution in [0.25, 0.3) is 0 Å². The van der Waals surface area contributed by atoms with E-state index in [1.54, 1.807) is 36.4 Å². The zero-order valence-corrected chi connectivity index (χ0v) is 14.3. The topological polar surface area (TPSA) is 75.3 Å². The van der Waals surface area contributed by atoms with Gasteiger partial charge in [0.05, 0.1) is 12.3 Å². The van der Waals surface area contributed by atoms with Gasteiger partial charge in [0, 0.05) is 16.3 Å². The fourth-order valence-corrected chi connectivity index (χ4v) is 2.81. The van der Waals surface area contributed by atoms with Crippen LogP contribution >= 0.6 is 11.6 Å².